The van der Waals surface area contributed by atoms with E-state index in [9.17, 15) is 0 Å². The molecule has 1 atom stereocenters. The second-order valence-corrected chi connectivity index (χ2v) is 5.15. The van der Waals surface area contributed by atoms with E-state index in [0.29, 0.717) is 0 Å². The van der Waals surface area contributed by atoms with Crippen molar-refractivity contribution < 1.29 is 0 Å². The molecule has 6 heteroatoms. The number of aryl methyl sites for hydroxylation is 1. The molecule has 3 aromatic rings. The summed E-state index contributed by atoms with van der Waals surface area (Å²) in [4.78, 5) is 16.0. The molecule has 18 heavy (non-hydrogen) atoms. The van der Waals surface area contributed by atoms with Crippen molar-refractivity contribution in [2.24, 2.45) is 0 Å². The molecule has 0 aromatic carbocycles. The maximum absolute atomic E-state index is 4.53. The Morgan fingerprint density at radius 2 is 2.33 bits per heavy atom. The van der Waals surface area contributed by atoms with Crippen molar-refractivity contribution in [3.63, 3.8) is 0 Å². The molecule has 0 aliphatic rings. The maximum atomic E-state index is 4.53. The zero-order valence-electron chi connectivity index (χ0n) is 10.2. The van der Waals surface area contributed by atoms with Crippen LogP contribution in [-0.4, -0.2) is 24.5 Å². The Morgan fingerprint density at radius 3 is 3.00 bits per heavy atom. The van der Waals surface area contributed by atoms with Crippen LogP contribution < -0.4 is 0 Å². The fourth-order valence-electron chi connectivity index (χ4n) is 1.93. The van der Waals surface area contributed by atoms with E-state index in [0.717, 1.165) is 22.2 Å². The van der Waals surface area contributed by atoms with Gasteiger partial charge in [-0.2, -0.15) is 0 Å². The van der Waals surface area contributed by atoms with Crippen molar-refractivity contribution in [2.75, 3.05) is 0 Å². The van der Waals surface area contributed by atoms with E-state index in [2.05, 4.69) is 36.8 Å². The van der Waals surface area contributed by atoms with Crippen LogP contribution in [0.2, 0.25) is 0 Å². The quantitative estimate of drug-likeness (QED) is 0.786. The van der Waals surface area contributed by atoms with Crippen LogP contribution >= 0.6 is 11.3 Å². The highest BCUT2D eigenvalue weighted by atomic mass is 32.1. The topological polar surface area (TPSA) is 59.4 Å². The van der Waals surface area contributed by atoms with Gasteiger partial charge < -0.3 is 9.55 Å². The van der Waals surface area contributed by atoms with Crippen LogP contribution in [0.25, 0.3) is 11.5 Å². The Hall–Kier alpha value is -1.95. The third-order valence-corrected chi connectivity index (χ3v) is 3.68. The first-order chi connectivity index (χ1) is 8.75. The van der Waals surface area contributed by atoms with Crippen LogP contribution in [0.5, 0.6) is 0 Å². The summed E-state index contributed by atoms with van der Waals surface area (Å²) in [5.74, 6) is 0.880. The van der Waals surface area contributed by atoms with E-state index >= 15 is 0 Å². The van der Waals surface area contributed by atoms with Gasteiger partial charge in [0.05, 0.1) is 29.3 Å². The van der Waals surface area contributed by atoms with Gasteiger partial charge in [-0.05, 0) is 13.8 Å². The molecular formula is C12H13N5S. The van der Waals surface area contributed by atoms with Crippen molar-refractivity contribution in [3.05, 3.63) is 41.0 Å². The fraction of sp³-hybridized carbons (Fsp3) is 0.250. The minimum atomic E-state index is 0.163. The zero-order valence-corrected chi connectivity index (χ0v) is 11.0. The van der Waals surface area contributed by atoms with E-state index < -0.39 is 0 Å². The molecule has 3 rings (SSSR count). The number of aromatic nitrogens is 5. The first-order valence-electron chi connectivity index (χ1n) is 5.69. The summed E-state index contributed by atoms with van der Waals surface area (Å²) in [7, 11) is 0. The number of thiazole rings is 1. The standard InChI is InChI=1S/C12H13N5S/c1-8(11-6-18-9(2)16-11)17-4-3-14-12(17)10-5-13-7-15-10/h3-8H,1-2H3,(H,13,15)/t8-/m1/s1. The lowest BCUT2D eigenvalue weighted by molar-refractivity contribution is 0.628. The van der Waals surface area contributed by atoms with Gasteiger partial charge in [0.1, 0.15) is 5.69 Å². The number of nitrogens with one attached hydrogen (secondary N) is 1. The summed E-state index contributed by atoms with van der Waals surface area (Å²) in [6, 6.07) is 0.163. The molecule has 92 valence electrons. The summed E-state index contributed by atoms with van der Waals surface area (Å²) in [6.45, 7) is 4.14. The zero-order chi connectivity index (χ0) is 12.5. The first-order valence-corrected chi connectivity index (χ1v) is 6.57. The van der Waals surface area contributed by atoms with Crippen molar-refractivity contribution in [2.45, 2.75) is 19.9 Å². The summed E-state index contributed by atoms with van der Waals surface area (Å²) >= 11 is 1.67. The number of hydrogen-bond donors (Lipinski definition) is 1. The second-order valence-electron chi connectivity index (χ2n) is 4.09. The van der Waals surface area contributed by atoms with Gasteiger partial charge in [-0.25, -0.2) is 15.0 Å². The Balaban J connectivity index is 2.00. The third kappa shape index (κ3) is 1.84. The van der Waals surface area contributed by atoms with Crippen molar-refractivity contribution in [1.29, 1.82) is 0 Å². The number of imidazole rings is 2. The summed E-state index contributed by atoms with van der Waals surface area (Å²) in [5, 5.41) is 3.18. The van der Waals surface area contributed by atoms with Gasteiger partial charge in [-0.3, -0.25) is 0 Å². The molecule has 0 saturated carbocycles. The Morgan fingerprint density at radius 1 is 1.44 bits per heavy atom. The van der Waals surface area contributed by atoms with Crippen molar-refractivity contribution in [1.82, 2.24) is 24.5 Å². The number of aromatic amines is 1. The third-order valence-electron chi connectivity index (χ3n) is 2.89. The average Bonchev–Trinajstić information content (AvgIpc) is 3.08. The van der Waals surface area contributed by atoms with Gasteiger partial charge in [0.25, 0.3) is 0 Å². The number of H-pyrrole nitrogens is 1. The predicted octanol–water partition coefficient (Wildman–Crippen LogP) is 2.65. The number of rotatable bonds is 3. The monoisotopic (exact) mass is 259 g/mol. The summed E-state index contributed by atoms with van der Waals surface area (Å²) in [5.41, 5.74) is 1.98. The molecule has 5 nitrogen and oxygen atoms in total. The SMILES string of the molecule is Cc1nc([C@@H](C)n2ccnc2-c2cnc[nH]2)cs1. The summed E-state index contributed by atoms with van der Waals surface area (Å²) < 4.78 is 2.10. The van der Waals surface area contributed by atoms with Gasteiger partial charge in [0.15, 0.2) is 5.82 Å². The van der Waals surface area contributed by atoms with Crippen molar-refractivity contribution >= 4 is 11.3 Å². The van der Waals surface area contributed by atoms with E-state index in [4.69, 9.17) is 0 Å². The molecule has 0 spiro atoms. The van der Waals surface area contributed by atoms with E-state index in [-0.39, 0.29) is 6.04 Å². The number of hydrogen-bond acceptors (Lipinski definition) is 4. The molecule has 3 aromatic heterocycles. The molecule has 0 unspecified atom stereocenters. The molecule has 1 N–H and O–H groups in total. The first kappa shape index (κ1) is 11.2. The van der Waals surface area contributed by atoms with Crippen LogP contribution in [0, 0.1) is 6.92 Å². The lowest BCUT2D eigenvalue weighted by Gasteiger charge is -2.13. The maximum Gasteiger partial charge on any atom is 0.158 e. The largest absolute Gasteiger partial charge is 0.342 e. The fourth-order valence-corrected chi connectivity index (χ4v) is 2.63. The lowest BCUT2D eigenvalue weighted by Crippen LogP contribution is -2.08. The Bertz CT molecular complexity index is 637. The van der Waals surface area contributed by atoms with Gasteiger partial charge in [-0.1, -0.05) is 0 Å². The highest BCUT2D eigenvalue weighted by Crippen LogP contribution is 2.24. The molecule has 0 aliphatic carbocycles. The second kappa shape index (κ2) is 4.38. The van der Waals surface area contributed by atoms with Crippen LogP contribution in [0.15, 0.2) is 30.3 Å². The van der Waals surface area contributed by atoms with Crippen molar-refractivity contribution in [3.8, 4) is 11.5 Å². The molecule has 0 radical (unpaired) electrons. The highest BCUT2D eigenvalue weighted by Gasteiger charge is 2.16. The molecule has 0 fully saturated rings. The van der Waals surface area contributed by atoms with Crippen LogP contribution in [0.1, 0.15) is 23.7 Å². The van der Waals surface area contributed by atoms with Gasteiger partial charge >= 0.3 is 0 Å². The highest BCUT2D eigenvalue weighted by molar-refractivity contribution is 7.09. The predicted molar refractivity (Wildman–Crippen MR) is 70.5 cm³/mol. The molecule has 0 amide bonds. The minimum absolute atomic E-state index is 0.163. The van der Waals surface area contributed by atoms with E-state index in [1.807, 2.05) is 13.1 Å². The minimum Gasteiger partial charge on any atom is -0.342 e. The normalized spacial score (nSPS) is 12.8. The molecule has 0 bridgehead atoms. The average molecular weight is 259 g/mol. The van der Waals surface area contributed by atoms with Crippen LogP contribution in [0.4, 0.5) is 0 Å². The molecule has 0 aliphatic heterocycles. The van der Waals surface area contributed by atoms with E-state index in [1.165, 1.54) is 0 Å². The lowest BCUT2D eigenvalue weighted by atomic mass is 10.2. The van der Waals surface area contributed by atoms with Gasteiger partial charge in [0.2, 0.25) is 0 Å². The summed E-state index contributed by atoms with van der Waals surface area (Å²) in [6.07, 6.45) is 7.20. The Labute approximate surface area is 109 Å². The molecule has 0 saturated heterocycles. The van der Waals surface area contributed by atoms with Gasteiger partial charge in [0, 0.05) is 17.8 Å². The van der Waals surface area contributed by atoms with Gasteiger partial charge in [-0.15, -0.1) is 11.3 Å². The smallest absolute Gasteiger partial charge is 0.158 e. The molecule has 3 heterocycles. The van der Waals surface area contributed by atoms with E-state index in [1.54, 1.807) is 30.1 Å². The Kier molecular flexibility index (Phi) is 2.71. The number of nitrogens with zero attached hydrogens (tertiary/aromatic N) is 4. The van der Waals surface area contributed by atoms with Crippen LogP contribution in [0.3, 0.4) is 0 Å². The molecular weight excluding hydrogens is 246 g/mol. The van der Waals surface area contributed by atoms with Crippen LogP contribution in [-0.2, 0) is 0 Å².